The Bertz CT molecular complexity index is 1450. The Balaban J connectivity index is 1.45. The van der Waals surface area contributed by atoms with Crippen molar-refractivity contribution in [3.8, 4) is 22.5 Å². The predicted molar refractivity (Wildman–Crippen MR) is 133 cm³/mol. The zero-order valence-corrected chi connectivity index (χ0v) is 18.4. The van der Waals surface area contributed by atoms with Crippen LogP contribution in [0.15, 0.2) is 103 Å². The van der Waals surface area contributed by atoms with Gasteiger partial charge >= 0.3 is 0 Å². The molecule has 166 valence electrons. The highest BCUT2D eigenvalue weighted by Crippen LogP contribution is 2.31. The van der Waals surface area contributed by atoms with Crippen molar-refractivity contribution in [3.05, 3.63) is 120 Å². The Hall–Kier alpha value is -4.38. The molecule has 1 N–H and O–H groups in total. The molecule has 0 aliphatic carbocycles. The lowest BCUT2D eigenvalue weighted by Crippen LogP contribution is -2.25. The SMILES string of the molecule is O=C(NCCc1cccc(F)c1)c1ccc2nc(-c3ccccc3)c(-c3ccccc3)nc2c1. The molecule has 0 saturated heterocycles. The molecule has 0 unspecified atom stereocenters. The lowest BCUT2D eigenvalue weighted by Gasteiger charge is -2.11. The molecule has 1 amide bonds. The molecule has 5 aromatic rings. The minimum absolute atomic E-state index is 0.200. The molecule has 0 bridgehead atoms. The van der Waals surface area contributed by atoms with E-state index in [1.165, 1.54) is 12.1 Å². The summed E-state index contributed by atoms with van der Waals surface area (Å²) in [5, 5.41) is 2.91. The van der Waals surface area contributed by atoms with Crippen LogP contribution in [0.3, 0.4) is 0 Å². The molecule has 0 spiro atoms. The third-order valence-electron chi connectivity index (χ3n) is 5.61. The lowest BCUT2D eigenvalue weighted by atomic mass is 10.0. The highest BCUT2D eigenvalue weighted by Gasteiger charge is 2.14. The second-order valence-electron chi connectivity index (χ2n) is 7.99. The molecule has 5 heteroatoms. The number of nitrogens with one attached hydrogen (secondary N) is 1. The van der Waals surface area contributed by atoms with Gasteiger partial charge in [-0.1, -0.05) is 72.8 Å². The second-order valence-corrected chi connectivity index (χ2v) is 7.99. The van der Waals surface area contributed by atoms with Crippen LogP contribution in [0, 0.1) is 5.82 Å². The van der Waals surface area contributed by atoms with Crippen LogP contribution in [0.1, 0.15) is 15.9 Å². The topological polar surface area (TPSA) is 54.9 Å². The van der Waals surface area contributed by atoms with Gasteiger partial charge in [-0.15, -0.1) is 0 Å². The molecule has 34 heavy (non-hydrogen) atoms. The highest BCUT2D eigenvalue weighted by atomic mass is 19.1. The molecule has 0 aliphatic heterocycles. The van der Waals surface area contributed by atoms with Gasteiger partial charge in [0.05, 0.1) is 22.4 Å². The van der Waals surface area contributed by atoms with E-state index in [0.717, 1.165) is 33.6 Å². The molecule has 0 fully saturated rings. The number of amides is 1. The lowest BCUT2D eigenvalue weighted by molar-refractivity contribution is 0.0954. The van der Waals surface area contributed by atoms with Crippen LogP contribution in [0.4, 0.5) is 4.39 Å². The number of carbonyl (C=O) groups excluding carboxylic acids is 1. The average molecular weight is 448 g/mol. The van der Waals surface area contributed by atoms with Gasteiger partial charge in [-0.05, 0) is 42.3 Å². The van der Waals surface area contributed by atoms with E-state index in [-0.39, 0.29) is 11.7 Å². The Kier molecular flexibility index (Phi) is 6.08. The summed E-state index contributed by atoms with van der Waals surface area (Å²) in [6.45, 7) is 0.411. The largest absolute Gasteiger partial charge is 0.352 e. The van der Waals surface area contributed by atoms with Crippen molar-refractivity contribution in [2.45, 2.75) is 6.42 Å². The summed E-state index contributed by atoms with van der Waals surface area (Å²) < 4.78 is 13.4. The van der Waals surface area contributed by atoms with Crippen molar-refractivity contribution in [2.24, 2.45) is 0 Å². The van der Waals surface area contributed by atoms with E-state index in [9.17, 15) is 9.18 Å². The molecule has 5 rings (SSSR count). The molecule has 4 aromatic carbocycles. The first-order valence-electron chi connectivity index (χ1n) is 11.1. The van der Waals surface area contributed by atoms with Crippen LogP contribution in [-0.4, -0.2) is 22.4 Å². The minimum Gasteiger partial charge on any atom is -0.352 e. The maximum absolute atomic E-state index is 13.4. The van der Waals surface area contributed by atoms with E-state index in [1.807, 2.05) is 72.8 Å². The number of hydrogen-bond acceptors (Lipinski definition) is 3. The van der Waals surface area contributed by atoms with Crippen LogP contribution in [0.2, 0.25) is 0 Å². The van der Waals surface area contributed by atoms with E-state index < -0.39 is 0 Å². The molecular formula is C29H22FN3O. The summed E-state index contributed by atoms with van der Waals surface area (Å²) >= 11 is 0. The first-order valence-corrected chi connectivity index (χ1v) is 11.1. The maximum Gasteiger partial charge on any atom is 0.251 e. The standard InChI is InChI=1S/C29H22FN3O/c30-24-13-7-8-20(18-24)16-17-31-29(34)23-14-15-25-26(19-23)33-28(22-11-5-2-6-12-22)27(32-25)21-9-3-1-4-10-21/h1-15,18-19H,16-17H2,(H,31,34). The first-order chi connectivity index (χ1) is 16.7. The van der Waals surface area contributed by atoms with Gasteiger partial charge in [-0.25, -0.2) is 14.4 Å². The van der Waals surface area contributed by atoms with Gasteiger partial charge in [0.2, 0.25) is 0 Å². The average Bonchev–Trinajstić information content (AvgIpc) is 2.88. The zero-order valence-electron chi connectivity index (χ0n) is 18.4. The molecule has 0 radical (unpaired) electrons. The minimum atomic E-state index is -0.277. The van der Waals surface area contributed by atoms with E-state index in [0.29, 0.717) is 24.0 Å². The quantitative estimate of drug-likeness (QED) is 0.343. The summed E-state index contributed by atoms with van der Waals surface area (Å²) in [6.07, 6.45) is 0.551. The normalized spacial score (nSPS) is 10.9. The Morgan fingerprint density at radius 3 is 2.00 bits per heavy atom. The monoisotopic (exact) mass is 447 g/mol. The Labute approximate surface area is 197 Å². The van der Waals surface area contributed by atoms with E-state index in [4.69, 9.17) is 9.97 Å². The van der Waals surface area contributed by atoms with Crippen molar-refractivity contribution in [3.63, 3.8) is 0 Å². The van der Waals surface area contributed by atoms with Crippen LogP contribution in [0.5, 0.6) is 0 Å². The number of fused-ring (bicyclic) bond motifs is 1. The molecule has 1 heterocycles. The number of aromatic nitrogens is 2. The number of halogens is 1. The fourth-order valence-electron chi connectivity index (χ4n) is 3.91. The number of carbonyl (C=O) groups is 1. The predicted octanol–water partition coefficient (Wildman–Crippen LogP) is 6.08. The van der Waals surface area contributed by atoms with Gasteiger partial charge in [0.25, 0.3) is 5.91 Å². The number of hydrogen-bond donors (Lipinski definition) is 1. The van der Waals surface area contributed by atoms with Gasteiger partial charge < -0.3 is 5.32 Å². The molecule has 0 atom stereocenters. The van der Waals surface area contributed by atoms with Crippen LogP contribution in [-0.2, 0) is 6.42 Å². The van der Waals surface area contributed by atoms with E-state index >= 15 is 0 Å². The van der Waals surface area contributed by atoms with Crippen molar-refractivity contribution in [2.75, 3.05) is 6.54 Å². The highest BCUT2D eigenvalue weighted by molar-refractivity contribution is 5.98. The second kappa shape index (κ2) is 9.63. The third kappa shape index (κ3) is 4.69. The number of rotatable bonds is 6. The number of benzene rings is 4. The molecule has 4 nitrogen and oxygen atoms in total. The van der Waals surface area contributed by atoms with Gasteiger partial charge in [-0.3, -0.25) is 4.79 Å². The van der Waals surface area contributed by atoms with Crippen molar-refractivity contribution >= 4 is 16.9 Å². The Morgan fingerprint density at radius 1 is 0.706 bits per heavy atom. The maximum atomic E-state index is 13.4. The Morgan fingerprint density at radius 2 is 1.35 bits per heavy atom. The third-order valence-corrected chi connectivity index (χ3v) is 5.61. The summed E-state index contributed by atoms with van der Waals surface area (Å²) in [4.78, 5) is 22.6. The summed E-state index contributed by atoms with van der Waals surface area (Å²) in [7, 11) is 0. The summed E-state index contributed by atoms with van der Waals surface area (Å²) in [5.41, 5.74) is 6.22. The van der Waals surface area contributed by atoms with E-state index in [1.54, 1.807) is 18.2 Å². The number of nitrogens with zero attached hydrogens (tertiary/aromatic N) is 2. The van der Waals surface area contributed by atoms with Crippen molar-refractivity contribution in [1.82, 2.24) is 15.3 Å². The fourth-order valence-corrected chi connectivity index (χ4v) is 3.91. The molecule has 0 saturated carbocycles. The zero-order chi connectivity index (χ0) is 23.3. The van der Waals surface area contributed by atoms with Crippen LogP contribution >= 0.6 is 0 Å². The van der Waals surface area contributed by atoms with E-state index in [2.05, 4.69) is 5.32 Å². The molecular weight excluding hydrogens is 425 g/mol. The van der Waals surface area contributed by atoms with Gasteiger partial charge in [-0.2, -0.15) is 0 Å². The smallest absolute Gasteiger partial charge is 0.251 e. The van der Waals surface area contributed by atoms with Crippen LogP contribution < -0.4 is 5.32 Å². The van der Waals surface area contributed by atoms with Crippen LogP contribution in [0.25, 0.3) is 33.5 Å². The summed E-state index contributed by atoms with van der Waals surface area (Å²) in [5.74, 6) is -0.477. The van der Waals surface area contributed by atoms with Gasteiger partial charge in [0.1, 0.15) is 5.82 Å². The van der Waals surface area contributed by atoms with Crippen molar-refractivity contribution < 1.29 is 9.18 Å². The summed E-state index contributed by atoms with van der Waals surface area (Å²) in [6, 6.07) is 31.6. The first kappa shape index (κ1) is 21.5. The molecule has 0 aliphatic rings. The van der Waals surface area contributed by atoms with Gasteiger partial charge in [0, 0.05) is 23.2 Å². The fraction of sp³-hybridized carbons (Fsp3) is 0.0690. The molecule has 1 aromatic heterocycles. The van der Waals surface area contributed by atoms with Crippen molar-refractivity contribution in [1.29, 1.82) is 0 Å². The van der Waals surface area contributed by atoms with Gasteiger partial charge in [0.15, 0.2) is 0 Å².